The van der Waals surface area contributed by atoms with Gasteiger partial charge in [0.25, 0.3) is 0 Å². The molecule has 104 valence electrons. The summed E-state index contributed by atoms with van der Waals surface area (Å²) in [6, 6.07) is 3.87. The van der Waals surface area contributed by atoms with Crippen LogP contribution >= 0.6 is 0 Å². The van der Waals surface area contributed by atoms with Gasteiger partial charge in [0.1, 0.15) is 0 Å². The number of nitro groups is 1. The maximum atomic E-state index is 13.5. The van der Waals surface area contributed by atoms with Crippen LogP contribution in [0.15, 0.2) is 18.2 Å². The lowest BCUT2D eigenvalue weighted by Gasteiger charge is -2.34. The minimum atomic E-state index is -0.821. The van der Waals surface area contributed by atoms with Crippen LogP contribution in [0.3, 0.4) is 0 Å². The number of nitro benzene ring substituents is 1. The van der Waals surface area contributed by atoms with Crippen LogP contribution < -0.4 is 5.32 Å². The van der Waals surface area contributed by atoms with Crippen LogP contribution in [0.2, 0.25) is 0 Å². The summed E-state index contributed by atoms with van der Waals surface area (Å²) in [5.41, 5.74) is -0.152. The summed E-state index contributed by atoms with van der Waals surface area (Å²) in [4.78, 5) is 9.79. The molecule has 5 nitrogen and oxygen atoms in total. The topological polar surface area (TPSA) is 64.4 Å². The largest absolute Gasteiger partial charge is 0.369 e. The number of ether oxygens (including phenoxy) is 1. The molecular formula is C13H17FN2O3. The number of benzene rings is 1. The van der Waals surface area contributed by atoms with Gasteiger partial charge in [-0.1, -0.05) is 0 Å². The molecule has 1 atom stereocenters. The number of nitrogens with one attached hydrogen (secondary N) is 1. The Balaban J connectivity index is 2.00. The van der Waals surface area contributed by atoms with Crippen molar-refractivity contribution in [2.45, 2.75) is 32.0 Å². The van der Waals surface area contributed by atoms with Gasteiger partial charge in [-0.15, -0.1) is 0 Å². The second-order valence-corrected chi connectivity index (χ2v) is 5.06. The predicted molar refractivity (Wildman–Crippen MR) is 68.4 cm³/mol. The second kappa shape index (κ2) is 5.63. The quantitative estimate of drug-likeness (QED) is 0.672. The van der Waals surface area contributed by atoms with E-state index in [1.165, 1.54) is 12.1 Å². The van der Waals surface area contributed by atoms with E-state index < -0.39 is 16.4 Å². The van der Waals surface area contributed by atoms with E-state index >= 15 is 0 Å². The molecule has 1 saturated heterocycles. The number of hydrogen-bond acceptors (Lipinski definition) is 4. The molecule has 0 saturated carbocycles. The molecule has 0 aromatic heterocycles. The Bertz CT molecular complexity index is 473. The average Bonchev–Trinajstić information content (AvgIpc) is 2.37. The molecule has 1 aromatic carbocycles. The summed E-state index contributed by atoms with van der Waals surface area (Å²) in [7, 11) is 0. The maximum Gasteiger partial charge on any atom is 0.304 e. The zero-order valence-electron chi connectivity index (χ0n) is 10.8. The van der Waals surface area contributed by atoms with Gasteiger partial charge >= 0.3 is 5.69 Å². The van der Waals surface area contributed by atoms with E-state index in [2.05, 4.69) is 5.32 Å². The lowest BCUT2D eigenvalue weighted by molar-refractivity contribution is -0.387. The molecule has 1 N–H and O–H groups in total. The van der Waals surface area contributed by atoms with Gasteiger partial charge in [-0.3, -0.25) is 10.1 Å². The summed E-state index contributed by atoms with van der Waals surface area (Å²) in [6.07, 6.45) is 2.00. The van der Waals surface area contributed by atoms with Gasteiger partial charge in [0.2, 0.25) is 5.82 Å². The number of rotatable bonds is 4. The molecule has 19 heavy (non-hydrogen) atoms. The first kappa shape index (κ1) is 13.9. The van der Waals surface area contributed by atoms with E-state index in [9.17, 15) is 14.5 Å². The number of piperidine rings is 1. The summed E-state index contributed by atoms with van der Waals surface area (Å²) >= 11 is 0. The number of nitrogens with zero attached hydrogens (tertiary/aromatic N) is 1. The Morgan fingerprint density at radius 3 is 2.95 bits per heavy atom. The maximum absolute atomic E-state index is 13.5. The average molecular weight is 268 g/mol. The highest BCUT2D eigenvalue weighted by atomic mass is 19.1. The molecule has 1 aliphatic heterocycles. The third-order valence-corrected chi connectivity index (χ3v) is 3.35. The molecule has 0 bridgehead atoms. The Morgan fingerprint density at radius 2 is 2.37 bits per heavy atom. The highest BCUT2D eigenvalue weighted by Gasteiger charge is 2.27. The van der Waals surface area contributed by atoms with E-state index in [0.717, 1.165) is 32.0 Å². The fourth-order valence-electron chi connectivity index (χ4n) is 2.20. The number of hydrogen-bond donors (Lipinski definition) is 1. The summed E-state index contributed by atoms with van der Waals surface area (Å²) in [5, 5.41) is 13.8. The predicted octanol–water partition coefficient (Wildman–Crippen LogP) is 2.39. The first-order chi connectivity index (χ1) is 9.00. The molecule has 1 aliphatic rings. The summed E-state index contributed by atoms with van der Waals surface area (Å²) < 4.78 is 19.3. The molecule has 2 rings (SSSR count). The van der Waals surface area contributed by atoms with Crippen LogP contribution in [0.5, 0.6) is 0 Å². The van der Waals surface area contributed by atoms with Gasteiger partial charge in [-0.2, -0.15) is 4.39 Å². The van der Waals surface area contributed by atoms with Crippen molar-refractivity contribution in [3.63, 3.8) is 0 Å². The van der Waals surface area contributed by atoms with E-state index in [1.807, 2.05) is 6.92 Å². The molecular weight excluding hydrogens is 251 g/mol. The minimum Gasteiger partial charge on any atom is -0.369 e. The van der Waals surface area contributed by atoms with Gasteiger partial charge in [0, 0.05) is 12.6 Å². The SMILES string of the molecule is CC1(OCc2ccc([N+](=O)[O-])c(F)c2)CCCNC1. The van der Waals surface area contributed by atoms with Crippen LogP contribution in [0, 0.1) is 15.9 Å². The van der Waals surface area contributed by atoms with Crippen molar-refractivity contribution in [1.29, 1.82) is 0 Å². The van der Waals surface area contributed by atoms with Crippen LogP contribution in [0.1, 0.15) is 25.3 Å². The van der Waals surface area contributed by atoms with Gasteiger partial charge in [-0.05, 0) is 44.0 Å². The second-order valence-electron chi connectivity index (χ2n) is 5.06. The van der Waals surface area contributed by atoms with Crippen molar-refractivity contribution < 1.29 is 14.1 Å². The first-order valence-electron chi connectivity index (χ1n) is 6.28. The van der Waals surface area contributed by atoms with Crippen molar-refractivity contribution >= 4 is 5.69 Å². The third kappa shape index (κ3) is 3.48. The van der Waals surface area contributed by atoms with Crippen LogP contribution in [0.4, 0.5) is 10.1 Å². The Hall–Kier alpha value is -1.53. The first-order valence-corrected chi connectivity index (χ1v) is 6.28. The summed E-state index contributed by atoms with van der Waals surface area (Å²) in [6.45, 7) is 4.03. The van der Waals surface area contributed by atoms with Gasteiger partial charge in [0.15, 0.2) is 0 Å². The van der Waals surface area contributed by atoms with Gasteiger partial charge in [-0.25, -0.2) is 0 Å². The Morgan fingerprint density at radius 1 is 1.58 bits per heavy atom. The normalized spacial score (nSPS) is 23.3. The fraction of sp³-hybridized carbons (Fsp3) is 0.538. The van der Waals surface area contributed by atoms with Crippen molar-refractivity contribution in [1.82, 2.24) is 5.32 Å². The van der Waals surface area contributed by atoms with E-state index in [-0.39, 0.29) is 12.2 Å². The molecule has 1 heterocycles. The van der Waals surface area contributed by atoms with E-state index in [4.69, 9.17) is 4.74 Å². The highest BCUT2D eigenvalue weighted by molar-refractivity contribution is 5.34. The third-order valence-electron chi connectivity index (χ3n) is 3.35. The zero-order valence-corrected chi connectivity index (χ0v) is 10.8. The fourth-order valence-corrected chi connectivity index (χ4v) is 2.20. The lowest BCUT2D eigenvalue weighted by atomic mass is 9.96. The molecule has 1 fully saturated rings. The van der Waals surface area contributed by atoms with E-state index in [0.29, 0.717) is 5.56 Å². The molecule has 0 amide bonds. The van der Waals surface area contributed by atoms with Crippen LogP contribution in [-0.2, 0) is 11.3 Å². The molecule has 0 aliphatic carbocycles. The minimum absolute atomic E-state index is 0.253. The molecule has 0 radical (unpaired) electrons. The van der Waals surface area contributed by atoms with Crippen molar-refractivity contribution in [3.8, 4) is 0 Å². The van der Waals surface area contributed by atoms with Crippen molar-refractivity contribution in [2.24, 2.45) is 0 Å². The van der Waals surface area contributed by atoms with Gasteiger partial charge < -0.3 is 10.1 Å². The molecule has 1 aromatic rings. The number of halogens is 1. The van der Waals surface area contributed by atoms with Crippen molar-refractivity contribution in [3.05, 3.63) is 39.7 Å². The van der Waals surface area contributed by atoms with Crippen LogP contribution in [-0.4, -0.2) is 23.6 Å². The summed E-state index contributed by atoms with van der Waals surface area (Å²) in [5.74, 6) is -0.821. The highest BCUT2D eigenvalue weighted by Crippen LogP contribution is 2.23. The monoisotopic (exact) mass is 268 g/mol. The Kier molecular flexibility index (Phi) is 4.11. The molecule has 6 heteroatoms. The molecule has 0 spiro atoms. The van der Waals surface area contributed by atoms with E-state index in [1.54, 1.807) is 0 Å². The van der Waals surface area contributed by atoms with Gasteiger partial charge in [0.05, 0.1) is 17.1 Å². The standard InChI is InChI=1S/C13H17FN2O3/c1-13(5-2-6-15-9-13)19-8-10-3-4-12(16(17)18)11(14)7-10/h3-4,7,15H,2,5-6,8-9H2,1H3. The van der Waals surface area contributed by atoms with Crippen LogP contribution in [0.25, 0.3) is 0 Å². The Labute approximate surface area is 110 Å². The van der Waals surface area contributed by atoms with Crippen molar-refractivity contribution in [2.75, 3.05) is 13.1 Å². The smallest absolute Gasteiger partial charge is 0.304 e. The zero-order chi connectivity index (χ0) is 13.9. The lowest BCUT2D eigenvalue weighted by Crippen LogP contribution is -2.45. The molecule has 1 unspecified atom stereocenters.